The zero-order chi connectivity index (χ0) is 28.4. The first kappa shape index (κ1) is 27.2. The molecule has 2 aliphatic heterocycles. The Balaban J connectivity index is 1.58. The zero-order valence-electron chi connectivity index (χ0n) is 25.0. The molecular formula is C34H43Br2N4+. The van der Waals surface area contributed by atoms with Crippen LogP contribution in [0.15, 0.2) is 57.0 Å². The van der Waals surface area contributed by atoms with Crippen molar-refractivity contribution < 1.29 is 4.48 Å². The third kappa shape index (κ3) is 3.37. The second-order valence-electron chi connectivity index (χ2n) is 14.7. The number of nitrogens with zero attached hydrogens (tertiary/aromatic N) is 2. The fraction of sp³-hybridized carbons (Fsp3) is 0.529. The van der Waals surface area contributed by atoms with Gasteiger partial charge in [0.25, 0.3) is 0 Å². The molecule has 1 aromatic heterocycles. The number of aromatic amines is 1. The van der Waals surface area contributed by atoms with Crippen LogP contribution in [0.1, 0.15) is 56.4 Å². The fourth-order valence-corrected chi connectivity index (χ4v) is 10.9. The second-order valence-corrected chi connectivity index (χ2v) is 16.5. The molecule has 6 heteroatoms. The SMILES string of the molecule is CC1=C[C@H]2[C@@H]([C@@H](c3[nH]c4cc(Br)ccc4c3CCN(C)C)[C@]34CC[N+](C)(C)[C@]23Nc2cc(Br)ccc24)C(C)(C)C1. The Morgan fingerprint density at radius 1 is 1.05 bits per heavy atom. The highest BCUT2D eigenvalue weighted by Gasteiger charge is 2.83. The number of halogens is 2. The van der Waals surface area contributed by atoms with Gasteiger partial charge in [-0.3, -0.25) is 0 Å². The van der Waals surface area contributed by atoms with Crippen molar-refractivity contribution in [1.82, 2.24) is 9.88 Å². The van der Waals surface area contributed by atoms with E-state index in [0.717, 1.165) is 32.8 Å². The molecule has 212 valence electrons. The van der Waals surface area contributed by atoms with E-state index in [9.17, 15) is 0 Å². The number of rotatable bonds is 4. The molecule has 2 aromatic carbocycles. The summed E-state index contributed by atoms with van der Waals surface area (Å²) in [5.74, 6) is 1.34. The van der Waals surface area contributed by atoms with E-state index in [0.29, 0.717) is 17.8 Å². The van der Waals surface area contributed by atoms with Crippen LogP contribution in [0.5, 0.6) is 0 Å². The lowest BCUT2D eigenvalue weighted by Crippen LogP contribution is -2.67. The molecule has 0 unspecified atom stereocenters. The van der Waals surface area contributed by atoms with E-state index in [-0.39, 0.29) is 16.5 Å². The molecule has 0 bridgehead atoms. The van der Waals surface area contributed by atoms with Crippen LogP contribution in [-0.4, -0.2) is 61.3 Å². The second kappa shape index (κ2) is 8.72. The summed E-state index contributed by atoms with van der Waals surface area (Å²) in [5.41, 5.74) is 8.76. The summed E-state index contributed by atoms with van der Waals surface area (Å²) in [4.78, 5) is 6.46. The number of quaternary nitrogens is 1. The number of H-pyrrole nitrogens is 1. The van der Waals surface area contributed by atoms with Crippen molar-refractivity contribution >= 4 is 48.5 Å². The van der Waals surface area contributed by atoms with E-state index in [1.165, 1.54) is 46.4 Å². The van der Waals surface area contributed by atoms with Gasteiger partial charge in [0.2, 0.25) is 0 Å². The normalized spacial score (nSPS) is 33.0. The van der Waals surface area contributed by atoms with Gasteiger partial charge in [0, 0.05) is 50.1 Å². The number of aromatic nitrogens is 1. The van der Waals surface area contributed by atoms with Crippen LogP contribution in [0.3, 0.4) is 0 Å². The average molecular weight is 668 g/mol. The first-order valence-electron chi connectivity index (χ1n) is 14.9. The van der Waals surface area contributed by atoms with Crippen molar-refractivity contribution in [3.8, 4) is 0 Å². The quantitative estimate of drug-likeness (QED) is 0.218. The molecule has 0 spiro atoms. The third-order valence-corrected chi connectivity index (χ3v) is 12.4. The van der Waals surface area contributed by atoms with Crippen LogP contribution in [0, 0.1) is 17.3 Å². The van der Waals surface area contributed by atoms with E-state index in [1.807, 2.05) is 0 Å². The van der Waals surface area contributed by atoms with Crippen molar-refractivity contribution in [2.75, 3.05) is 46.6 Å². The largest absolute Gasteiger partial charge is 0.358 e. The van der Waals surface area contributed by atoms with E-state index in [4.69, 9.17) is 0 Å². The van der Waals surface area contributed by atoms with Crippen molar-refractivity contribution in [3.05, 3.63) is 73.8 Å². The summed E-state index contributed by atoms with van der Waals surface area (Å²) in [6.07, 6.45) is 6.10. The molecule has 2 aliphatic carbocycles. The molecule has 0 amide bonds. The number of hydrogen-bond donors (Lipinski definition) is 2. The molecule has 2 fully saturated rings. The lowest BCUT2D eigenvalue weighted by molar-refractivity contribution is -0.929. The molecule has 4 nitrogen and oxygen atoms in total. The van der Waals surface area contributed by atoms with Crippen LogP contribution in [-0.2, 0) is 11.8 Å². The predicted octanol–water partition coefficient (Wildman–Crippen LogP) is 8.04. The third-order valence-electron chi connectivity index (χ3n) is 11.4. The van der Waals surface area contributed by atoms with Gasteiger partial charge in [-0.2, -0.15) is 0 Å². The Morgan fingerprint density at radius 2 is 1.77 bits per heavy atom. The van der Waals surface area contributed by atoms with Crippen LogP contribution >= 0.6 is 31.9 Å². The molecule has 1 saturated heterocycles. The van der Waals surface area contributed by atoms with Gasteiger partial charge in [0.1, 0.15) is 0 Å². The Bertz CT molecular complexity index is 1570. The molecule has 5 atom stereocenters. The first-order chi connectivity index (χ1) is 18.8. The minimum absolute atomic E-state index is 0.00870. The summed E-state index contributed by atoms with van der Waals surface area (Å²) in [5, 5.41) is 5.72. The molecule has 3 heterocycles. The number of likely N-dealkylation sites (N-methyl/N-ethyl adjacent to an activating group) is 2. The molecule has 40 heavy (non-hydrogen) atoms. The van der Waals surface area contributed by atoms with Gasteiger partial charge in [-0.05, 0) is 80.6 Å². The summed E-state index contributed by atoms with van der Waals surface area (Å²) < 4.78 is 3.29. The summed E-state index contributed by atoms with van der Waals surface area (Å²) in [6.45, 7) is 9.70. The highest BCUT2D eigenvalue weighted by atomic mass is 79.9. The van der Waals surface area contributed by atoms with Gasteiger partial charge in [-0.25, -0.2) is 0 Å². The molecule has 0 radical (unpaired) electrons. The maximum atomic E-state index is 4.33. The number of benzene rings is 2. The molecule has 3 aromatic rings. The van der Waals surface area contributed by atoms with Gasteiger partial charge < -0.3 is 19.7 Å². The highest BCUT2D eigenvalue weighted by Crippen LogP contribution is 2.77. The Morgan fingerprint density at radius 3 is 2.52 bits per heavy atom. The van der Waals surface area contributed by atoms with Gasteiger partial charge in [0.15, 0.2) is 5.66 Å². The summed E-state index contributed by atoms with van der Waals surface area (Å²) >= 11 is 7.58. The number of anilines is 1. The Labute approximate surface area is 256 Å². The molecule has 1 saturated carbocycles. The van der Waals surface area contributed by atoms with Crippen molar-refractivity contribution in [1.29, 1.82) is 0 Å². The van der Waals surface area contributed by atoms with Crippen LogP contribution in [0.25, 0.3) is 10.9 Å². The lowest BCUT2D eigenvalue weighted by Gasteiger charge is -2.50. The molecule has 7 rings (SSSR count). The maximum Gasteiger partial charge on any atom is 0.189 e. The smallest absolute Gasteiger partial charge is 0.189 e. The summed E-state index contributed by atoms with van der Waals surface area (Å²) in [7, 11) is 9.39. The Kier molecular flexibility index (Phi) is 5.94. The zero-order valence-corrected chi connectivity index (χ0v) is 28.1. The standard InChI is InChI=1S/C34H43Br2N4/c1-20-16-26-29(32(2,3)19-20)30(31-24(12-14-39(4)5)23-10-8-21(35)17-27(23)37-31)33-13-15-40(6,7)34(26,33)38-28-18-22(36)9-11-25(28)33/h8-11,16-18,26,29-30,37-38H,12-15,19H2,1-7H3/q+1/t26-,29-,30-,33+,34+/m0/s1. The number of fused-ring (bicyclic) bond motifs is 3. The average Bonchev–Trinajstić information content (AvgIpc) is 3.49. The van der Waals surface area contributed by atoms with Gasteiger partial charge in [0.05, 0.1) is 32.0 Å². The van der Waals surface area contributed by atoms with Crippen LogP contribution in [0.2, 0.25) is 0 Å². The first-order valence-corrected chi connectivity index (χ1v) is 16.4. The molecule has 2 N–H and O–H groups in total. The lowest BCUT2D eigenvalue weighted by atomic mass is 9.59. The maximum absolute atomic E-state index is 4.33. The van der Waals surface area contributed by atoms with E-state index >= 15 is 0 Å². The predicted molar refractivity (Wildman–Crippen MR) is 174 cm³/mol. The number of nitrogens with one attached hydrogen (secondary N) is 2. The van der Waals surface area contributed by atoms with Crippen molar-refractivity contribution in [3.63, 3.8) is 0 Å². The monoisotopic (exact) mass is 665 g/mol. The minimum atomic E-state index is -0.0961. The van der Waals surface area contributed by atoms with Gasteiger partial charge in [-0.15, -0.1) is 0 Å². The summed E-state index contributed by atoms with van der Waals surface area (Å²) in [6, 6.07) is 13.9. The van der Waals surface area contributed by atoms with Gasteiger partial charge >= 0.3 is 0 Å². The molecule has 4 aliphatic rings. The number of allylic oxidation sites excluding steroid dienone is 1. The Hall–Kier alpha value is -1.60. The van der Waals surface area contributed by atoms with Crippen molar-refractivity contribution in [2.24, 2.45) is 17.3 Å². The van der Waals surface area contributed by atoms with Crippen molar-refractivity contribution in [2.45, 2.75) is 57.0 Å². The van der Waals surface area contributed by atoms with Gasteiger partial charge in [-0.1, -0.05) is 69.5 Å². The topological polar surface area (TPSA) is 31.1 Å². The van der Waals surface area contributed by atoms with Crippen LogP contribution in [0.4, 0.5) is 5.69 Å². The highest BCUT2D eigenvalue weighted by molar-refractivity contribution is 9.10. The van der Waals surface area contributed by atoms with E-state index < -0.39 is 0 Å². The minimum Gasteiger partial charge on any atom is -0.358 e. The van der Waals surface area contributed by atoms with E-state index in [1.54, 1.807) is 5.57 Å². The van der Waals surface area contributed by atoms with E-state index in [2.05, 4.69) is 138 Å². The van der Waals surface area contributed by atoms with Crippen LogP contribution < -0.4 is 5.32 Å². The fourth-order valence-electron chi connectivity index (χ4n) is 10.2. The molecular weight excluding hydrogens is 624 g/mol. The number of hydrogen-bond acceptors (Lipinski definition) is 2. The number of likely N-dealkylation sites (tertiary alicyclic amines) is 1.